The van der Waals surface area contributed by atoms with Crippen molar-refractivity contribution in [1.82, 2.24) is 0 Å². The number of para-hydroxylation sites is 2. The summed E-state index contributed by atoms with van der Waals surface area (Å²) in [5.74, 6) is 0. The molecule has 83 heavy (non-hydrogen) atoms. The topological polar surface area (TPSA) is 6.48 Å². The Balaban J connectivity index is 1.05. The van der Waals surface area contributed by atoms with E-state index in [4.69, 9.17) is 0 Å². The first-order valence-electron chi connectivity index (χ1n) is 29.5. The molecule has 0 bridgehead atoms. The molecule has 0 heterocycles. The minimum absolute atomic E-state index is 0.0172. The lowest BCUT2D eigenvalue weighted by Gasteiger charge is -2.29. The summed E-state index contributed by atoms with van der Waals surface area (Å²) < 4.78 is 0. The van der Waals surface area contributed by atoms with Gasteiger partial charge in [-0.25, -0.2) is 0 Å². The first-order chi connectivity index (χ1) is 40.2. The molecule has 0 unspecified atom stereocenters. The summed E-state index contributed by atoms with van der Waals surface area (Å²) in [6.45, 7) is 18.8. The highest BCUT2D eigenvalue weighted by atomic mass is 15.1. The van der Waals surface area contributed by atoms with Crippen LogP contribution in [-0.2, 0) is 16.2 Å². The number of aryl methyl sites for hydroxylation is 1. The lowest BCUT2D eigenvalue weighted by atomic mass is 9.78. The second kappa shape index (κ2) is 18.8. The third-order valence-electron chi connectivity index (χ3n) is 18.5. The van der Waals surface area contributed by atoms with Crippen molar-refractivity contribution in [3.8, 4) is 44.5 Å². The number of fused-ring (bicyclic) bond motifs is 12. The van der Waals surface area contributed by atoms with Crippen molar-refractivity contribution < 1.29 is 0 Å². The standard InChI is InChI=1S/C81H66N2/c1-51-20-19-27-60(46-51)83(59-36-34-56(35-37-59)79(2,3)4)62-39-45-68-72(50-62)76(55-33-41-66-70-43-31-53-22-16-18-29-64(53)78(70)81(7,8)74(66)48-55)67-44-38-61(82(57-23-11-9-12-24-57)58-25-13-10-14-26-58)49-71(67)75(68)54-32-40-65-69-42-30-52-21-15-17-28-63(52)77(69)80(5,6)73(65)47-54/h9-50H,1-8H3. The lowest BCUT2D eigenvalue weighted by Crippen LogP contribution is -2.15. The van der Waals surface area contributed by atoms with Gasteiger partial charge in [0.15, 0.2) is 0 Å². The van der Waals surface area contributed by atoms with Crippen molar-refractivity contribution >= 4 is 77.2 Å². The zero-order valence-corrected chi connectivity index (χ0v) is 48.6. The van der Waals surface area contributed by atoms with Gasteiger partial charge in [-0.3, -0.25) is 0 Å². The second-order valence-corrected chi connectivity index (χ2v) is 25.4. The Bertz CT molecular complexity index is 4730. The van der Waals surface area contributed by atoms with E-state index in [1.807, 2.05) is 0 Å². The summed E-state index contributed by atoms with van der Waals surface area (Å²) in [4.78, 5) is 4.87. The van der Waals surface area contributed by atoms with E-state index in [9.17, 15) is 0 Å². The molecule has 2 aliphatic rings. The van der Waals surface area contributed by atoms with Gasteiger partial charge in [-0.05, 0) is 218 Å². The Morgan fingerprint density at radius 1 is 0.301 bits per heavy atom. The van der Waals surface area contributed by atoms with E-state index in [2.05, 4.69) is 320 Å². The Labute approximate surface area is 488 Å². The molecule has 0 atom stereocenters. The smallest absolute Gasteiger partial charge is 0.0468 e. The highest BCUT2D eigenvalue weighted by molar-refractivity contribution is 6.23. The van der Waals surface area contributed by atoms with Gasteiger partial charge in [0.05, 0.1) is 0 Å². The van der Waals surface area contributed by atoms with Crippen LogP contribution in [-0.4, -0.2) is 0 Å². The number of anilines is 6. The minimum atomic E-state index is -0.251. The predicted molar refractivity (Wildman–Crippen MR) is 355 cm³/mol. The molecule has 0 aliphatic heterocycles. The first kappa shape index (κ1) is 50.5. The number of nitrogens with zero attached hydrogens (tertiary/aromatic N) is 2. The Hall–Kier alpha value is -9.50. The van der Waals surface area contributed by atoms with Gasteiger partial charge in [0.2, 0.25) is 0 Å². The van der Waals surface area contributed by atoms with E-state index in [0.29, 0.717) is 0 Å². The van der Waals surface area contributed by atoms with Gasteiger partial charge >= 0.3 is 0 Å². The van der Waals surface area contributed by atoms with Crippen LogP contribution in [0.25, 0.3) is 87.6 Å². The Kier molecular flexibility index (Phi) is 11.4. The molecule has 0 amide bonds. The van der Waals surface area contributed by atoms with E-state index < -0.39 is 0 Å². The fourth-order valence-corrected chi connectivity index (χ4v) is 14.5. The zero-order chi connectivity index (χ0) is 56.5. The van der Waals surface area contributed by atoms with Gasteiger partial charge < -0.3 is 9.80 Å². The maximum absolute atomic E-state index is 2.54. The van der Waals surface area contributed by atoms with Crippen LogP contribution in [0.4, 0.5) is 34.1 Å². The van der Waals surface area contributed by atoms with Crippen LogP contribution in [0.2, 0.25) is 0 Å². The normalized spacial score (nSPS) is 13.7. The molecular formula is C81H66N2. The SMILES string of the molecule is Cc1cccc(N(c2ccc(C(C)(C)C)cc2)c2ccc3c(-c4ccc5c(c4)C(C)(C)c4c-5ccc5ccccc45)c4cc(N(c5ccccc5)c5ccccc5)ccc4c(-c4ccc5c(c4)C(C)(C)c4c-5ccc5ccccc45)c3c2)c1. The van der Waals surface area contributed by atoms with E-state index in [0.717, 1.165) is 34.1 Å². The number of benzene rings is 13. The van der Waals surface area contributed by atoms with Crippen molar-refractivity contribution in [3.63, 3.8) is 0 Å². The molecule has 2 aliphatic carbocycles. The van der Waals surface area contributed by atoms with Crippen molar-refractivity contribution in [1.29, 1.82) is 0 Å². The molecule has 2 nitrogen and oxygen atoms in total. The van der Waals surface area contributed by atoms with Gasteiger partial charge in [-0.1, -0.05) is 218 Å². The maximum atomic E-state index is 2.54. The summed E-state index contributed by atoms with van der Waals surface area (Å²) in [7, 11) is 0. The molecule has 0 aromatic heterocycles. The van der Waals surface area contributed by atoms with Crippen LogP contribution in [0.15, 0.2) is 255 Å². The summed E-state index contributed by atoms with van der Waals surface area (Å²) in [5.41, 5.74) is 24.4. The first-order valence-corrected chi connectivity index (χ1v) is 29.5. The lowest BCUT2D eigenvalue weighted by molar-refractivity contribution is 0.590. The quantitative estimate of drug-likeness (QED) is 0.140. The van der Waals surface area contributed by atoms with Gasteiger partial charge in [-0.2, -0.15) is 0 Å². The molecule has 0 fully saturated rings. The highest BCUT2D eigenvalue weighted by Gasteiger charge is 2.39. The molecule has 0 radical (unpaired) electrons. The van der Waals surface area contributed by atoms with Crippen molar-refractivity contribution in [2.24, 2.45) is 0 Å². The van der Waals surface area contributed by atoms with E-state index in [1.54, 1.807) is 0 Å². The largest absolute Gasteiger partial charge is 0.310 e. The molecule has 2 heteroatoms. The fraction of sp³-hybridized carbons (Fsp3) is 0.136. The maximum Gasteiger partial charge on any atom is 0.0468 e. The van der Waals surface area contributed by atoms with Crippen molar-refractivity contribution in [2.45, 2.75) is 71.6 Å². The Morgan fingerprint density at radius 3 is 1.17 bits per heavy atom. The average molecular weight is 1070 g/mol. The molecule has 400 valence electrons. The predicted octanol–water partition coefficient (Wildman–Crippen LogP) is 22.8. The zero-order valence-electron chi connectivity index (χ0n) is 48.6. The average Bonchev–Trinajstić information content (AvgIpc) is 2.15. The summed E-state index contributed by atoms with van der Waals surface area (Å²) in [5, 5.41) is 10.0. The molecule has 15 rings (SSSR count). The van der Waals surface area contributed by atoms with Crippen molar-refractivity contribution in [3.05, 3.63) is 288 Å². The summed E-state index contributed by atoms with van der Waals surface area (Å²) >= 11 is 0. The van der Waals surface area contributed by atoms with Crippen molar-refractivity contribution in [2.75, 3.05) is 9.80 Å². The number of hydrogen-bond acceptors (Lipinski definition) is 2. The molecular weight excluding hydrogens is 1000 g/mol. The van der Waals surface area contributed by atoms with Crippen LogP contribution in [0, 0.1) is 6.92 Å². The highest BCUT2D eigenvalue weighted by Crippen LogP contribution is 2.57. The van der Waals surface area contributed by atoms with Gasteiger partial charge in [-0.15, -0.1) is 0 Å². The second-order valence-electron chi connectivity index (χ2n) is 25.4. The van der Waals surface area contributed by atoms with Gasteiger partial charge in [0.25, 0.3) is 0 Å². The van der Waals surface area contributed by atoms with E-state index >= 15 is 0 Å². The molecule has 0 spiro atoms. The van der Waals surface area contributed by atoms with Gasteiger partial charge in [0.1, 0.15) is 0 Å². The van der Waals surface area contributed by atoms with Crippen LogP contribution in [0.1, 0.15) is 81.8 Å². The monoisotopic (exact) mass is 1070 g/mol. The third kappa shape index (κ3) is 7.98. The molecule has 0 saturated heterocycles. The molecule has 0 N–H and O–H groups in total. The molecule has 13 aromatic carbocycles. The number of hydrogen-bond donors (Lipinski definition) is 0. The summed E-state index contributed by atoms with van der Waals surface area (Å²) in [6, 6.07) is 96.4. The number of rotatable bonds is 8. The van der Waals surface area contributed by atoms with Crippen LogP contribution in [0.5, 0.6) is 0 Å². The Morgan fingerprint density at radius 2 is 0.699 bits per heavy atom. The summed E-state index contributed by atoms with van der Waals surface area (Å²) in [6.07, 6.45) is 0. The van der Waals surface area contributed by atoms with Crippen LogP contribution < -0.4 is 9.80 Å². The molecule has 0 saturated carbocycles. The van der Waals surface area contributed by atoms with Crippen LogP contribution in [0.3, 0.4) is 0 Å². The minimum Gasteiger partial charge on any atom is -0.310 e. The van der Waals surface area contributed by atoms with Crippen LogP contribution >= 0.6 is 0 Å². The van der Waals surface area contributed by atoms with Gasteiger partial charge in [0, 0.05) is 45.0 Å². The third-order valence-corrected chi connectivity index (χ3v) is 18.5. The fourth-order valence-electron chi connectivity index (χ4n) is 14.5. The van der Waals surface area contributed by atoms with E-state index in [-0.39, 0.29) is 16.2 Å². The van der Waals surface area contributed by atoms with E-state index in [1.165, 1.54) is 121 Å². The molecule has 13 aromatic rings.